The second-order valence-electron chi connectivity index (χ2n) is 7.34. The van der Waals surface area contributed by atoms with Gasteiger partial charge in [0.15, 0.2) is 5.96 Å². The highest BCUT2D eigenvalue weighted by atomic mass is 127. The predicted molar refractivity (Wildman–Crippen MR) is 137 cm³/mol. The van der Waals surface area contributed by atoms with E-state index in [1.165, 1.54) is 16.1 Å². The lowest BCUT2D eigenvalue weighted by molar-refractivity contribution is 0.635. The van der Waals surface area contributed by atoms with Crippen LogP contribution in [0.5, 0.6) is 0 Å². The van der Waals surface area contributed by atoms with Crippen molar-refractivity contribution < 1.29 is 0 Å². The molecule has 2 aromatic heterocycles. The summed E-state index contributed by atoms with van der Waals surface area (Å²) in [6.45, 7) is 9.12. The van der Waals surface area contributed by atoms with E-state index in [2.05, 4.69) is 60.6 Å². The molecule has 0 bridgehead atoms. The van der Waals surface area contributed by atoms with Gasteiger partial charge in [0.05, 0.1) is 17.9 Å². The second kappa shape index (κ2) is 10.9. The number of aromatic nitrogens is 3. The molecule has 0 amide bonds. The summed E-state index contributed by atoms with van der Waals surface area (Å²) in [6.07, 6.45) is 0.907. The van der Waals surface area contributed by atoms with Crippen LogP contribution in [0.3, 0.4) is 0 Å². The molecule has 3 aromatic rings. The first-order valence-corrected chi connectivity index (χ1v) is 10.7. The number of benzene rings is 1. The molecule has 0 fully saturated rings. The summed E-state index contributed by atoms with van der Waals surface area (Å²) in [5.74, 6) is 0.797. The number of hydrogen-bond acceptors (Lipinski definition) is 4. The fraction of sp³-hybridized carbons (Fsp3) is 0.409. The van der Waals surface area contributed by atoms with E-state index in [9.17, 15) is 0 Å². The number of guanidine groups is 1. The maximum Gasteiger partial charge on any atom is 0.191 e. The summed E-state index contributed by atoms with van der Waals surface area (Å²) in [5, 5.41) is 12.5. The molecule has 3 rings (SSSR count). The van der Waals surface area contributed by atoms with Gasteiger partial charge in [0.2, 0.25) is 0 Å². The number of thiazole rings is 1. The quantitative estimate of drug-likeness (QED) is 0.278. The van der Waals surface area contributed by atoms with E-state index < -0.39 is 0 Å². The molecule has 8 heteroatoms. The van der Waals surface area contributed by atoms with Gasteiger partial charge in [-0.3, -0.25) is 9.67 Å². The van der Waals surface area contributed by atoms with E-state index in [1.54, 1.807) is 18.4 Å². The van der Waals surface area contributed by atoms with Gasteiger partial charge >= 0.3 is 0 Å². The van der Waals surface area contributed by atoms with Crippen molar-refractivity contribution in [3.8, 4) is 10.6 Å². The molecule has 2 heterocycles. The maximum atomic E-state index is 4.73. The van der Waals surface area contributed by atoms with Crippen molar-refractivity contribution in [2.75, 3.05) is 7.05 Å². The van der Waals surface area contributed by atoms with Gasteiger partial charge < -0.3 is 10.6 Å². The Morgan fingerprint density at radius 2 is 1.87 bits per heavy atom. The van der Waals surface area contributed by atoms with Gasteiger partial charge in [-0.05, 0) is 39.7 Å². The molecule has 0 radical (unpaired) electrons. The first-order chi connectivity index (χ1) is 13.9. The Balaban J connectivity index is 0.00000320. The highest BCUT2D eigenvalue weighted by molar-refractivity contribution is 14.0. The zero-order valence-electron chi connectivity index (χ0n) is 18.5. The van der Waals surface area contributed by atoms with Crippen LogP contribution in [0.2, 0.25) is 0 Å². The minimum Gasteiger partial charge on any atom is -0.354 e. The molecule has 2 N–H and O–H groups in total. The molecule has 0 saturated carbocycles. The van der Waals surface area contributed by atoms with Gasteiger partial charge in [0.1, 0.15) is 5.01 Å². The van der Waals surface area contributed by atoms with Gasteiger partial charge in [-0.25, -0.2) is 4.98 Å². The van der Waals surface area contributed by atoms with Crippen LogP contribution < -0.4 is 10.6 Å². The topological polar surface area (TPSA) is 67.1 Å². The van der Waals surface area contributed by atoms with Gasteiger partial charge in [-0.2, -0.15) is 5.10 Å². The molecule has 1 unspecified atom stereocenters. The van der Waals surface area contributed by atoms with Crippen LogP contribution in [0.25, 0.3) is 10.6 Å². The second-order valence-corrected chi connectivity index (χ2v) is 8.43. The molecule has 0 aliphatic heterocycles. The predicted octanol–water partition coefficient (Wildman–Crippen LogP) is 4.38. The molecule has 162 valence electrons. The third-order valence-corrected chi connectivity index (χ3v) is 6.31. The Hall–Kier alpha value is -1.94. The van der Waals surface area contributed by atoms with Crippen LogP contribution in [0.1, 0.15) is 34.4 Å². The summed E-state index contributed by atoms with van der Waals surface area (Å²) < 4.78 is 1.95. The van der Waals surface area contributed by atoms with E-state index in [4.69, 9.17) is 4.98 Å². The zero-order valence-corrected chi connectivity index (χ0v) is 21.6. The third kappa shape index (κ3) is 5.81. The largest absolute Gasteiger partial charge is 0.354 e. The van der Waals surface area contributed by atoms with Gasteiger partial charge in [0.25, 0.3) is 0 Å². The number of halogens is 1. The number of rotatable bonds is 6. The third-order valence-electron chi connectivity index (χ3n) is 5.11. The minimum absolute atomic E-state index is 0. The van der Waals surface area contributed by atoms with Crippen molar-refractivity contribution in [2.45, 2.75) is 46.7 Å². The molecule has 30 heavy (non-hydrogen) atoms. The minimum atomic E-state index is 0. The molecule has 0 aliphatic carbocycles. The Bertz CT molecular complexity index is 993. The number of hydrogen-bond donors (Lipinski definition) is 2. The van der Waals surface area contributed by atoms with Crippen molar-refractivity contribution in [1.82, 2.24) is 25.4 Å². The Morgan fingerprint density at radius 3 is 2.47 bits per heavy atom. The van der Waals surface area contributed by atoms with Crippen LogP contribution in [-0.4, -0.2) is 33.8 Å². The molecule has 0 saturated heterocycles. The maximum absolute atomic E-state index is 4.73. The average molecular weight is 539 g/mol. The number of nitrogens with one attached hydrogen (secondary N) is 2. The lowest BCUT2D eigenvalue weighted by Crippen LogP contribution is -2.42. The van der Waals surface area contributed by atoms with E-state index in [0.717, 1.165) is 34.3 Å². The first kappa shape index (κ1) is 24.3. The van der Waals surface area contributed by atoms with Crippen molar-refractivity contribution in [2.24, 2.45) is 12.0 Å². The smallest absolute Gasteiger partial charge is 0.191 e. The van der Waals surface area contributed by atoms with Crippen LogP contribution in [-0.2, 0) is 20.0 Å². The zero-order chi connectivity index (χ0) is 21.0. The van der Waals surface area contributed by atoms with E-state index >= 15 is 0 Å². The number of aliphatic imine (C=N–C) groups is 1. The van der Waals surface area contributed by atoms with E-state index in [1.807, 2.05) is 29.9 Å². The standard InChI is InChI=1S/C22H30N6S.HI/c1-14(12-19-15(2)27-28(6)17(19)4)25-22(23-5)24-13-20-16(3)26-21(29-20)18-10-8-7-9-11-18;/h7-11,14H,12-13H2,1-6H3,(H2,23,24,25);1H. The van der Waals surface area contributed by atoms with Crippen molar-refractivity contribution >= 4 is 41.3 Å². The van der Waals surface area contributed by atoms with E-state index in [-0.39, 0.29) is 30.0 Å². The number of nitrogens with zero attached hydrogens (tertiary/aromatic N) is 4. The summed E-state index contributed by atoms with van der Waals surface area (Å²) in [6, 6.07) is 10.6. The summed E-state index contributed by atoms with van der Waals surface area (Å²) in [4.78, 5) is 10.3. The summed E-state index contributed by atoms with van der Waals surface area (Å²) >= 11 is 1.73. The lowest BCUT2D eigenvalue weighted by Gasteiger charge is -2.18. The van der Waals surface area contributed by atoms with Crippen molar-refractivity contribution in [3.05, 3.63) is 57.9 Å². The van der Waals surface area contributed by atoms with Gasteiger partial charge in [0, 0.05) is 36.3 Å². The molecular formula is C22H31IN6S. The van der Waals surface area contributed by atoms with Crippen LogP contribution in [0.15, 0.2) is 35.3 Å². The Labute approximate surface area is 200 Å². The molecule has 1 atom stereocenters. The molecule has 0 aliphatic rings. The Morgan fingerprint density at radius 1 is 1.17 bits per heavy atom. The molecule has 1 aromatic carbocycles. The monoisotopic (exact) mass is 538 g/mol. The lowest BCUT2D eigenvalue weighted by atomic mass is 10.1. The van der Waals surface area contributed by atoms with E-state index in [0.29, 0.717) is 6.54 Å². The molecule has 0 spiro atoms. The molecule has 6 nitrogen and oxygen atoms in total. The average Bonchev–Trinajstić information content (AvgIpc) is 3.20. The summed E-state index contributed by atoms with van der Waals surface area (Å²) in [5.41, 5.74) is 5.83. The van der Waals surface area contributed by atoms with Crippen molar-refractivity contribution in [3.63, 3.8) is 0 Å². The fourth-order valence-electron chi connectivity index (χ4n) is 3.36. The van der Waals surface area contributed by atoms with Gasteiger partial charge in [-0.1, -0.05) is 30.3 Å². The Kier molecular flexibility index (Phi) is 8.84. The van der Waals surface area contributed by atoms with Crippen molar-refractivity contribution in [1.29, 1.82) is 0 Å². The highest BCUT2D eigenvalue weighted by Gasteiger charge is 2.15. The fourth-order valence-corrected chi connectivity index (χ4v) is 4.37. The normalized spacial score (nSPS) is 12.4. The van der Waals surface area contributed by atoms with Crippen LogP contribution in [0, 0.1) is 20.8 Å². The van der Waals surface area contributed by atoms with Gasteiger partial charge in [-0.15, -0.1) is 35.3 Å². The highest BCUT2D eigenvalue weighted by Crippen LogP contribution is 2.27. The summed E-state index contributed by atoms with van der Waals surface area (Å²) in [7, 11) is 3.79. The SMILES string of the molecule is CN=C(NCc1sc(-c2ccccc2)nc1C)NC(C)Cc1c(C)nn(C)c1C.I. The van der Waals surface area contributed by atoms with Crippen LogP contribution >= 0.6 is 35.3 Å². The van der Waals surface area contributed by atoms with Crippen LogP contribution in [0.4, 0.5) is 0 Å². The first-order valence-electron chi connectivity index (χ1n) is 9.87. The molecular weight excluding hydrogens is 507 g/mol. The number of aryl methyl sites for hydroxylation is 3.